The van der Waals surface area contributed by atoms with Gasteiger partial charge in [-0.3, -0.25) is 0 Å². The lowest BCUT2D eigenvalue weighted by Gasteiger charge is -2.20. The Morgan fingerprint density at radius 2 is 1.75 bits per heavy atom. The molecule has 20 heavy (non-hydrogen) atoms. The van der Waals surface area contributed by atoms with E-state index in [4.69, 9.17) is 10.00 Å². The van der Waals surface area contributed by atoms with Gasteiger partial charge in [0.2, 0.25) is 0 Å². The smallest absolute Gasteiger partial charge is 0.136 e. The van der Waals surface area contributed by atoms with Crippen molar-refractivity contribution in [3.63, 3.8) is 0 Å². The first-order chi connectivity index (χ1) is 9.79. The van der Waals surface area contributed by atoms with Gasteiger partial charge in [-0.25, -0.2) is 0 Å². The summed E-state index contributed by atoms with van der Waals surface area (Å²) in [7, 11) is 1.92. The number of hydrogen-bond donors (Lipinski definition) is 0. The molecule has 1 aliphatic heterocycles. The SMILES string of the molecule is CN(CC#N)C1=Cc2ccccc2Oc2ccccc21. The highest BCUT2D eigenvalue weighted by Gasteiger charge is 2.18. The first kappa shape index (κ1) is 12.3. The van der Waals surface area contributed by atoms with Crippen molar-refractivity contribution in [2.24, 2.45) is 0 Å². The van der Waals surface area contributed by atoms with E-state index >= 15 is 0 Å². The minimum atomic E-state index is 0.336. The maximum absolute atomic E-state index is 8.93. The molecule has 0 radical (unpaired) electrons. The fourth-order valence-corrected chi connectivity index (χ4v) is 2.31. The number of nitrogens with zero attached hydrogens (tertiary/aromatic N) is 2. The average Bonchev–Trinajstić information content (AvgIpc) is 2.64. The Morgan fingerprint density at radius 3 is 2.55 bits per heavy atom. The van der Waals surface area contributed by atoms with Crippen molar-refractivity contribution in [3.05, 3.63) is 59.7 Å². The molecule has 3 rings (SSSR count). The van der Waals surface area contributed by atoms with E-state index in [9.17, 15) is 0 Å². The maximum atomic E-state index is 8.93. The minimum Gasteiger partial charge on any atom is -0.456 e. The van der Waals surface area contributed by atoms with Crippen LogP contribution in [0.15, 0.2) is 48.5 Å². The fourth-order valence-electron chi connectivity index (χ4n) is 2.31. The zero-order chi connectivity index (χ0) is 13.9. The van der Waals surface area contributed by atoms with Gasteiger partial charge in [0.25, 0.3) is 0 Å². The predicted octanol–water partition coefficient (Wildman–Crippen LogP) is 3.75. The summed E-state index contributed by atoms with van der Waals surface area (Å²) in [4.78, 5) is 1.93. The van der Waals surface area contributed by atoms with E-state index in [2.05, 4.69) is 12.1 Å². The van der Waals surface area contributed by atoms with E-state index < -0.39 is 0 Å². The van der Waals surface area contributed by atoms with E-state index in [1.54, 1.807) is 0 Å². The molecule has 1 heterocycles. The standard InChI is InChI=1S/C17H14N2O/c1-19(11-10-18)15-12-13-6-2-4-8-16(13)20-17-9-5-3-7-14(15)17/h2-9,12H,11H2,1H3. The van der Waals surface area contributed by atoms with Crippen LogP contribution in [0.5, 0.6) is 11.5 Å². The summed E-state index contributed by atoms with van der Waals surface area (Å²) in [6.07, 6.45) is 2.07. The topological polar surface area (TPSA) is 36.3 Å². The molecule has 0 aliphatic carbocycles. The lowest BCUT2D eigenvalue weighted by atomic mass is 10.1. The van der Waals surface area contributed by atoms with Crippen molar-refractivity contribution in [1.29, 1.82) is 5.26 Å². The Morgan fingerprint density at radius 1 is 1.05 bits per heavy atom. The molecule has 0 bridgehead atoms. The van der Waals surface area contributed by atoms with Crippen molar-refractivity contribution < 1.29 is 4.74 Å². The van der Waals surface area contributed by atoms with Crippen molar-refractivity contribution in [2.75, 3.05) is 13.6 Å². The molecule has 0 atom stereocenters. The lowest BCUT2D eigenvalue weighted by molar-refractivity contribution is 0.477. The molecule has 2 aromatic rings. The molecule has 0 saturated heterocycles. The highest BCUT2D eigenvalue weighted by atomic mass is 16.5. The summed E-state index contributed by atoms with van der Waals surface area (Å²) >= 11 is 0. The number of fused-ring (bicyclic) bond motifs is 2. The number of nitriles is 1. The molecule has 3 heteroatoms. The largest absolute Gasteiger partial charge is 0.456 e. The molecule has 1 aliphatic rings. The van der Waals surface area contributed by atoms with Gasteiger partial charge >= 0.3 is 0 Å². The molecule has 0 fully saturated rings. The maximum Gasteiger partial charge on any atom is 0.136 e. The number of rotatable bonds is 2. The summed E-state index contributed by atoms with van der Waals surface area (Å²) in [5, 5.41) is 8.93. The summed E-state index contributed by atoms with van der Waals surface area (Å²) in [5.74, 6) is 1.65. The number of para-hydroxylation sites is 2. The van der Waals surface area contributed by atoms with E-state index in [1.807, 2.05) is 60.5 Å². The summed E-state index contributed by atoms with van der Waals surface area (Å²) in [5.41, 5.74) is 3.01. The molecule has 3 nitrogen and oxygen atoms in total. The first-order valence-corrected chi connectivity index (χ1v) is 6.45. The third-order valence-corrected chi connectivity index (χ3v) is 3.31. The minimum absolute atomic E-state index is 0.336. The highest BCUT2D eigenvalue weighted by Crippen LogP contribution is 2.38. The van der Waals surface area contributed by atoms with Crippen molar-refractivity contribution in [2.45, 2.75) is 0 Å². The average molecular weight is 262 g/mol. The van der Waals surface area contributed by atoms with E-state index in [-0.39, 0.29) is 0 Å². The lowest BCUT2D eigenvalue weighted by Crippen LogP contribution is -2.16. The zero-order valence-electron chi connectivity index (χ0n) is 11.2. The second-order valence-electron chi connectivity index (χ2n) is 4.68. The number of hydrogen-bond acceptors (Lipinski definition) is 3. The van der Waals surface area contributed by atoms with Gasteiger partial charge in [0.05, 0.1) is 6.07 Å². The highest BCUT2D eigenvalue weighted by molar-refractivity contribution is 5.86. The van der Waals surface area contributed by atoms with Crippen LogP contribution in [0.1, 0.15) is 11.1 Å². The van der Waals surface area contributed by atoms with Gasteiger partial charge in [0, 0.05) is 23.9 Å². The van der Waals surface area contributed by atoms with Crippen LogP contribution in [0.25, 0.3) is 11.8 Å². The first-order valence-electron chi connectivity index (χ1n) is 6.45. The van der Waals surface area contributed by atoms with Crippen LogP contribution in [0.4, 0.5) is 0 Å². The van der Waals surface area contributed by atoms with Gasteiger partial charge in [-0.1, -0.05) is 30.3 Å². The van der Waals surface area contributed by atoms with Gasteiger partial charge in [0.1, 0.15) is 18.0 Å². The second kappa shape index (κ2) is 5.10. The van der Waals surface area contributed by atoms with Crippen LogP contribution in [-0.2, 0) is 0 Å². The van der Waals surface area contributed by atoms with Crippen LogP contribution >= 0.6 is 0 Å². The van der Waals surface area contributed by atoms with E-state index in [0.717, 1.165) is 28.3 Å². The van der Waals surface area contributed by atoms with Crippen molar-refractivity contribution in [1.82, 2.24) is 4.90 Å². The monoisotopic (exact) mass is 262 g/mol. The van der Waals surface area contributed by atoms with Gasteiger partial charge in [-0.05, 0) is 24.3 Å². The van der Waals surface area contributed by atoms with Crippen LogP contribution in [0.2, 0.25) is 0 Å². The summed E-state index contributed by atoms with van der Waals surface area (Å²) in [6, 6.07) is 18.0. The third kappa shape index (κ3) is 2.12. The zero-order valence-corrected chi connectivity index (χ0v) is 11.2. The quantitative estimate of drug-likeness (QED) is 0.773. The molecular formula is C17H14N2O. The normalized spacial score (nSPS) is 12.1. The second-order valence-corrected chi connectivity index (χ2v) is 4.68. The summed E-state index contributed by atoms with van der Waals surface area (Å²) in [6.45, 7) is 0.336. The molecule has 0 spiro atoms. The predicted molar refractivity (Wildman–Crippen MR) is 79.1 cm³/mol. The van der Waals surface area contributed by atoms with Crippen LogP contribution in [0, 0.1) is 11.3 Å². The van der Waals surface area contributed by atoms with E-state index in [1.165, 1.54) is 0 Å². The fraction of sp³-hybridized carbons (Fsp3) is 0.118. The van der Waals surface area contributed by atoms with Gasteiger partial charge < -0.3 is 9.64 Å². The van der Waals surface area contributed by atoms with Crippen LogP contribution < -0.4 is 4.74 Å². The van der Waals surface area contributed by atoms with Gasteiger partial charge in [0.15, 0.2) is 0 Å². The molecule has 0 aromatic heterocycles. The third-order valence-electron chi connectivity index (χ3n) is 3.31. The molecular weight excluding hydrogens is 248 g/mol. The van der Waals surface area contributed by atoms with E-state index in [0.29, 0.717) is 6.54 Å². The van der Waals surface area contributed by atoms with Crippen LogP contribution in [0.3, 0.4) is 0 Å². The number of ether oxygens (including phenoxy) is 1. The molecule has 0 saturated carbocycles. The van der Waals surface area contributed by atoms with Gasteiger partial charge in [-0.2, -0.15) is 5.26 Å². The molecule has 98 valence electrons. The Kier molecular flexibility index (Phi) is 3.14. The van der Waals surface area contributed by atoms with Crippen molar-refractivity contribution in [3.8, 4) is 17.6 Å². The molecule has 0 unspecified atom stereocenters. The Labute approximate surface area is 118 Å². The molecule has 0 N–H and O–H groups in total. The van der Waals surface area contributed by atoms with Gasteiger partial charge in [-0.15, -0.1) is 0 Å². The Hall–Kier alpha value is -2.73. The Bertz CT molecular complexity index is 713. The Balaban J connectivity index is 2.19. The molecule has 0 amide bonds. The van der Waals surface area contributed by atoms with Crippen molar-refractivity contribution >= 4 is 11.8 Å². The molecule has 2 aromatic carbocycles. The van der Waals surface area contributed by atoms with Crippen LogP contribution in [-0.4, -0.2) is 18.5 Å². The number of benzene rings is 2. The summed E-state index contributed by atoms with van der Waals surface area (Å²) < 4.78 is 6.00.